The average Bonchev–Trinajstić information content (AvgIpc) is 2.81. The number of unbranched alkanes of at least 4 members (excludes halogenated alkanes) is 2. The molecule has 2 fully saturated rings. The van der Waals surface area contributed by atoms with Crippen LogP contribution in [0.4, 0.5) is 0 Å². The van der Waals surface area contributed by atoms with Crippen LogP contribution in [0.5, 0.6) is 11.5 Å². The van der Waals surface area contributed by atoms with E-state index in [2.05, 4.69) is 33.8 Å². The molecule has 3 aliphatic rings. The first kappa shape index (κ1) is 15.4. The van der Waals surface area contributed by atoms with Gasteiger partial charge in [0.05, 0.1) is 0 Å². The molecule has 2 heteroatoms. The van der Waals surface area contributed by atoms with Gasteiger partial charge >= 0.3 is 0 Å². The van der Waals surface area contributed by atoms with Crippen LogP contribution in [0.15, 0.2) is 12.1 Å². The standard InChI is InChI=1S/C21H30O2/c1-5-6-7-8-13-11-15(22)17-16(12-13)23-21(4)10-9-14-18(21)19(17)20(14,2)3/h11-12,14,18-19,22H,5-10H2,1-4H3/t14-,18?,19?,21+/m0/s1. The highest BCUT2D eigenvalue weighted by Crippen LogP contribution is 2.74. The highest BCUT2D eigenvalue weighted by Gasteiger charge is 2.69. The van der Waals surface area contributed by atoms with Crippen LogP contribution >= 0.6 is 0 Å². The lowest BCUT2D eigenvalue weighted by molar-refractivity contribution is -0.121. The SMILES string of the molecule is CCCCCc1cc(O)c2c(c1)O[C@]1(C)CC[C@H]3C1C2C3(C)C. The van der Waals surface area contributed by atoms with Gasteiger partial charge in [0.2, 0.25) is 0 Å². The summed E-state index contributed by atoms with van der Waals surface area (Å²) in [5.74, 6) is 3.22. The van der Waals surface area contributed by atoms with E-state index in [4.69, 9.17) is 4.74 Å². The van der Waals surface area contributed by atoms with Gasteiger partial charge in [-0.2, -0.15) is 0 Å². The van der Waals surface area contributed by atoms with Crippen LogP contribution in [-0.4, -0.2) is 10.7 Å². The second kappa shape index (κ2) is 4.91. The summed E-state index contributed by atoms with van der Waals surface area (Å²) in [4.78, 5) is 0. The maximum absolute atomic E-state index is 10.7. The zero-order valence-electron chi connectivity index (χ0n) is 15.0. The fraction of sp³-hybridized carbons (Fsp3) is 0.714. The molecule has 4 atom stereocenters. The van der Waals surface area contributed by atoms with Gasteiger partial charge in [0, 0.05) is 17.4 Å². The van der Waals surface area contributed by atoms with E-state index in [1.54, 1.807) is 0 Å². The third kappa shape index (κ3) is 1.99. The lowest BCUT2D eigenvalue weighted by atomic mass is 9.45. The number of benzene rings is 1. The molecule has 0 aromatic heterocycles. The average molecular weight is 314 g/mol. The number of fused-ring (bicyclic) bond motifs is 2. The van der Waals surface area contributed by atoms with Crippen LogP contribution in [0.3, 0.4) is 0 Å². The normalized spacial score (nSPS) is 35.9. The van der Waals surface area contributed by atoms with E-state index in [0.717, 1.165) is 30.1 Å². The van der Waals surface area contributed by atoms with Gasteiger partial charge in [-0.3, -0.25) is 0 Å². The molecule has 0 radical (unpaired) electrons. The van der Waals surface area contributed by atoms with Crippen molar-refractivity contribution in [3.63, 3.8) is 0 Å². The summed E-state index contributed by atoms with van der Waals surface area (Å²) in [5.41, 5.74) is 2.58. The number of ether oxygens (including phenoxy) is 1. The number of hydrogen-bond donors (Lipinski definition) is 1. The first-order valence-electron chi connectivity index (χ1n) is 9.43. The predicted octanol–water partition coefficient (Wildman–Crippen LogP) is 5.43. The largest absolute Gasteiger partial charge is 0.508 e. The summed E-state index contributed by atoms with van der Waals surface area (Å²) in [5, 5.41) is 10.7. The maximum atomic E-state index is 10.7. The number of hydrogen-bond acceptors (Lipinski definition) is 2. The Balaban J connectivity index is 1.73. The molecule has 1 heterocycles. The summed E-state index contributed by atoms with van der Waals surface area (Å²) in [6, 6.07) is 4.22. The highest BCUT2D eigenvalue weighted by atomic mass is 16.5. The molecule has 2 aliphatic carbocycles. The lowest BCUT2D eigenvalue weighted by Crippen LogP contribution is -2.59. The van der Waals surface area contributed by atoms with Gasteiger partial charge in [-0.15, -0.1) is 0 Å². The van der Waals surface area contributed by atoms with E-state index >= 15 is 0 Å². The van der Waals surface area contributed by atoms with Crippen molar-refractivity contribution in [2.24, 2.45) is 17.3 Å². The van der Waals surface area contributed by atoms with Crippen molar-refractivity contribution in [2.45, 2.75) is 77.7 Å². The third-order valence-electron chi connectivity index (χ3n) is 7.11. The molecule has 2 unspecified atom stereocenters. The zero-order valence-corrected chi connectivity index (χ0v) is 15.0. The topological polar surface area (TPSA) is 29.5 Å². The van der Waals surface area contributed by atoms with Crippen molar-refractivity contribution in [1.29, 1.82) is 0 Å². The van der Waals surface area contributed by atoms with E-state index < -0.39 is 0 Å². The molecule has 1 aromatic carbocycles. The van der Waals surface area contributed by atoms with Gasteiger partial charge < -0.3 is 9.84 Å². The van der Waals surface area contributed by atoms with Gasteiger partial charge in [0.15, 0.2) is 0 Å². The molecule has 126 valence electrons. The van der Waals surface area contributed by atoms with Crippen molar-refractivity contribution in [1.82, 2.24) is 0 Å². The Morgan fingerprint density at radius 2 is 2.00 bits per heavy atom. The van der Waals surface area contributed by atoms with Crippen LogP contribution in [0, 0.1) is 17.3 Å². The first-order valence-corrected chi connectivity index (χ1v) is 9.43. The second-order valence-corrected chi connectivity index (χ2v) is 8.87. The first-order chi connectivity index (χ1) is 10.9. The molecule has 4 rings (SSSR count). The minimum atomic E-state index is -0.0215. The Morgan fingerprint density at radius 3 is 2.74 bits per heavy atom. The molecule has 0 spiro atoms. The number of phenols is 1. The summed E-state index contributed by atoms with van der Waals surface area (Å²) in [6.07, 6.45) is 7.12. The summed E-state index contributed by atoms with van der Waals surface area (Å²) >= 11 is 0. The van der Waals surface area contributed by atoms with Crippen LogP contribution in [0.25, 0.3) is 0 Å². The van der Waals surface area contributed by atoms with Crippen LogP contribution in [-0.2, 0) is 6.42 Å². The number of aromatic hydroxyl groups is 1. The van der Waals surface area contributed by atoms with Crippen molar-refractivity contribution < 1.29 is 9.84 Å². The molecule has 2 saturated carbocycles. The van der Waals surface area contributed by atoms with Gasteiger partial charge in [0.25, 0.3) is 0 Å². The smallest absolute Gasteiger partial charge is 0.127 e. The highest BCUT2D eigenvalue weighted by molar-refractivity contribution is 5.55. The van der Waals surface area contributed by atoms with Crippen molar-refractivity contribution in [3.05, 3.63) is 23.3 Å². The Bertz CT molecular complexity index is 633. The lowest BCUT2D eigenvalue weighted by Gasteiger charge is -2.62. The molecule has 2 nitrogen and oxygen atoms in total. The molecular weight excluding hydrogens is 284 g/mol. The molecule has 0 bridgehead atoms. The molecule has 1 aromatic rings. The summed E-state index contributed by atoms with van der Waals surface area (Å²) < 4.78 is 6.51. The molecule has 0 saturated heterocycles. The maximum Gasteiger partial charge on any atom is 0.127 e. The fourth-order valence-corrected chi connectivity index (χ4v) is 5.92. The van der Waals surface area contributed by atoms with Crippen molar-refractivity contribution in [3.8, 4) is 11.5 Å². The summed E-state index contributed by atoms with van der Waals surface area (Å²) in [6.45, 7) is 9.29. The van der Waals surface area contributed by atoms with Gasteiger partial charge in [0.1, 0.15) is 17.1 Å². The molecule has 1 N–H and O–H groups in total. The van der Waals surface area contributed by atoms with Crippen LogP contribution in [0.1, 0.15) is 76.8 Å². The molecular formula is C21H30O2. The van der Waals surface area contributed by atoms with Crippen molar-refractivity contribution in [2.75, 3.05) is 0 Å². The molecule has 0 amide bonds. The van der Waals surface area contributed by atoms with Crippen molar-refractivity contribution >= 4 is 0 Å². The predicted molar refractivity (Wildman–Crippen MR) is 93.1 cm³/mol. The van der Waals surface area contributed by atoms with E-state index in [-0.39, 0.29) is 11.0 Å². The summed E-state index contributed by atoms with van der Waals surface area (Å²) in [7, 11) is 0. The minimum absolute atomic E-state index is 0.0215. The minimum Gasteiger partial charge on any atom is -0.508 e. The Hall–Kier alpha value is -1.18. The van der Waals surface area contributed by atoms with E-state index in [1.807, 2.05) is 6.07 Å². The number of rotatable bonds is 4. The zero-order chi connectivity index (χ0) is 16.4. The van der Waals surface area contributed by atoms with Crippen LogP contribution in [0.2, 0.25) is 0 Å². The van der Waals surface area contributed by atoms with E-state index in [0.29, 0.717) is 17.6 Å². The Labute approximate surface area is 140 Å². The molecule has 23 heavy (non-hydrogen) atoms. The quantitative estimate of drug-likeness (QED) is 0.751. The van der Waals surface area contributed by atoms with E-state index in [9.17, 15) is 5.11 Å². The monoisotopic (exact) mass is 314 g/mol. The van der Waals surface area contributed by atoms with Gasteiger partial charge in [-0.25, -0.2) is 0 Å². The number of phenolic OH excluding ortho intramolecular Hbond substituents is 1. The van der Waals surface area contributed by atoms with Gasteiger partial charge in [-0.1, -0.05) is 33.6 Å². The Kier molecular flexibility index (Phi) is 3.28. The number of aryl methyl sites for hydroxylation is 1. The Morgan fingerprint density at radius 1 is 1.22 bits per heavy atom. The van der Waals surface area contributed by atoms with Gasteiger partial charge in [-0.05, 0) is 61.6 Å². The van der Waals surface area contributed by atoms with E-state index in [1.165, 1.54) is 31.2 Å². The van der Waals surface area contributed by atoms with Crippen LogP contribution < -0.4 is 4.74 Å². The molecule has 1 aliphatic heterocycles. The second-order valence-electron chi connectivity index (χ2n) is 8.87. The fourth-order valence-electron chi connectivity index (χ4n) is 5.92. The third-order valence-corrected chi connectivity index (χ3v) is 7.11.